The van der Waals surface area contributed by atoms with Gasteiger partial charge in [-0.25, -0.2) is 4.79 Å². The summed E-state index contributed by atoms with van der Waals surface area (Å²) in [6.07, 6.45) is 1.59. The molecule has 3 amide bonds. The Bertz CT molecular complexity index is 757. The molecule has 0 unspecified atom stereocenters. The van der Waals surface area contributed by atoms with Crippen molar-refractivity contribution in [3.63, 3.8) is 0 Å². The number of hydrogen-bond acceptors (Lipinski definition) is 5. The van der Waals surface area contributed by atoms with Crippen molar-refractivity contribution in [3.05, 3.63) is 34.9 Å². The number of benzene rings is 1. The van der Waals surface area contributed by atoms with Gasteiger partial charge in [-0.2, -0.15) is 0 Å². The summed E-state index contributed by atoms with van der Waals surface area (Å²) >= 11 is 0. The zero-order valence-corrected chi connectivity index (χ0v) is 16.2. The molecular weight excluding hydrogens is 348 g/mol. The average Bonchev–Trinajstić information content (AvgIpc) is 2.88. The summed E-state index contributed by atoms with van der Waals surface area (Å²) in [7, 11) is 0. The van der Waals surface area contributed by atoms with Crippen LogP contribution in [-0.2, 0) is 9.53 Å². The Hall–Kier alpha value is -2.70. The second-order valence-corrected chi connectivity index (χ2v) is 7.05. The fraction of sp³-hybridized carbons (Fsp3) is 0.500. The largest absolute Gasteiger partial charge is 0.452 e. The lowest BCUT2D eigenvalue weighted by molar-refractivity contribution is -0.125. The van der Waals surface area contributed by atoms with Crippen molar-refractivity contribution in [2.75, 3.05) is 13.2 Å². The summed E-state index contributed by atoms with van der Waals surface area (Å²) in [6, 6.07) is 4.22. The number of carbonyl (C=O) groups is 4. The van der Waals surface area contributed by atoms with Crippen LogP contribution in [0.3, 0.4) is 0 Å². The van der Waals surface area contributed by atoms with Gasteiger partial charge in [0.05, 0.1) is 16.7 Å². The molecule has 0 bridgehead atoms. The number of imide groups is 1. The van der Waals surface area contributed by atoms with Gasteiger partial charge in [0, 0.05) is 12.6 Å². The van der Waals surface area contributed by atoms with E-state index in [0.29, 0.717) is 6.54 Å². The molecule has 7 heteroatoms. The van der Waals surface area contributed by atoms with Crippen LogP contribution in [0.1, 0.15) is 71.6 Å². The van der Waals surface area contributed by atoms with E-state index in [-0.39, 0.29) is 40.5 Å². The molecule has 1 heterocycles. The number of ether oxygens (including phenoxy) is 1. The Labute approximate surface area is 159 Å². The van der Waals surface area contributed by atoms with Gasteiger partial charge >= 0.3 is 5.97 Å². The van der Waals surface area contributed by atoms with Crippen LogP contribution in [0.4, 0.5) is 0 Å². The first-order valence-corrected chi connectivity index (χ1v) is 9.23. The quantitative estimate of drug-likeness (QED) is 0.557. The Morgan fingerprint density at radius 1 is 1.11 bits per heavy atom. The van der Waals surface area contributed by atoms with E-state index in [2.05, 4.69) is 5.32 Å². The highest BCUT2D eigenvalue weighted by molar-refractivity contribution is 6.21. The number of hydrogen-bond donors (Lipinski definition) is 1. The number of esters is 1. The third-order valence-electron chi connectivity index (χ3n) is 4.66. The van der Waals surface area contributed by atoms with Crippen LogP contribution in [0, 0.1) is 5.92 Å². The summed E-state index contributed by atoms with van der Waals surface area (Å²) in [4.78, 5) is 50.0. The van der Waals surface area contributed by atoms with E-state index in [1.165, 1.54) is 23.1 Å². The Morgan fingerprint density at radius 3 is 2.41 bits per heavy atom. The first kappa shape index (κ1) is 20.6. The van der Waals surface area contributed by atoms with Crippen LogP contribution in [0.2, 0.25) is 0 Å². The lowest BCUT2D eigenvalue weighted by Crippen LogP contribution is -2.38. The number of unbranched alkanes of at least 4 members (excludes halogenated alkanes) is 1. The molecule has 1 atom stereocenters. The van der Waals surface area contributed by atoms with Crippen LogP contribution in [0.25, 0.3) is 0 Å². The third-order valence-corrected chi connectivity index (χ3v) is 4.66. The molecule has 0 aliphatic carbocycles. The van der Waals surface area contributed by atoms with Crippen molar-refractivity contribution in [2.24, 2.45) is 5.92 Å². The molecule has 0 saturated heterocycles. The van der Waals surface area contributed by atoms with Gasteiger partial charge in [-0.15, -0.1) is 0 Å². The monoisotopic (exact) mass is 374 g/mol. The number of amides is 3. The SMILES string of the molecule is CCCCN1C(=O)c2ccc(C(=O)OCC(=O)N[C@@H](C)C(C)C)cc2C1=O. The van der Waals surface area contributed by atoms with Gasteiger partial charge in [-0.1, -0.05) is 27.2 Å². The molecule has 2 rings (SSSR count). The molecule has 0 aromatic heterocycles. The summed E-state index contributed by atoms with van der Waals surface area (Å²) < 4.78 is 5.02. The van der Waals surface area contributed by atoms with Crippen molar-refractivity contribution in [1.29, 1.82) is 0 Å². The van der Waals surface area contributed by atoms with Crippen molar-refractivity contribution < 1.29 is 23.9 Å². The molecule has 0 radical (unpaired) electrons. The first-order valence-electron chi connectivity index (χ1n) is 9.23. The molecule has 146 valence electrons. The number of nitrogens with one attached hydrogen (secondary N) is 1. The smallest absolute Gasteiger partial charge is 0.338 e. The van der Waals surface area contributed by atoms with E-state index in [4.69, 9.17) is 4.74 Å². The molecule has 0 saturated carbocycles. The Kier molecular flexibility index (Phi) is 6.71. The highest BCUT2D eigenvalue weighted by Crippen LogP contribution is 2.24. The standard InChI is InChI=1S/C20H26N2O5/c1-5-6-9-22-18(24)15-8-7-14(10-16(15)19(22)25)20(26)27-11-17(23)21-13(4)12(2)3/h7-8,10,12-13H,5-6,9,11H2,1-4H3,(H,21,23)/t13-/m0/s1. The zero-order chi connectivity index (χ0) is 20.1. The van der Waals surface area contributed by atoms with Gasteiger partial charge in [0.15, 0.2) is 6.61 Å². The molecule has 1 aliphatic heterocycles. The lowest BCUT2D eigenvalue weighted by atomic mass is 10.1. The fourth-order valence-electron chi connectivity index (χ4n) is 2.61. The van der Waals surface area contributed by atoms with E-state index in [1.807, 2.05) is 27.7 Å². The van der Waals surface area contributed by atoms with Crippen LogP contribution >= 0.6 is 0 Å². The van der Waals surface area contributed by atoms with E-state index < -0.39 is 18.5 Å². The molecule has 7 nitrogen and oxygen atoms in total. The van der Waals surface area contributed by atoms with Crippen molar-refractivity contribution in [2.45, 2.75) is 46.6 Å². The second-order valence-electron chi connectivity index (χ2n) is 7.05. The van der Waals surface area contributed by atoms with Gasteiger partial charge in [0.2, 0.25) is 0 Å². The summed E-state index contributed by atoms with van der Waals surface area (Å²) in [6.45, 7) is 7.76. The molecule has 27 heavy (non-hydrogen) atoms. The summed E-state index contributed by atoms with van der Waals surface area (Å²) in [5, 5.41) is 2.74. The highest BCUT2D eigenvalue weighted by Gasteiger charge is 2.35. The molecule has 0 spiro atoms. The minimum atomic E-state index is -0.711. The number of fused-ring (bicyclic) bond motifs is 1. The van der Waals surface area contributed by atoms with E-state index in [0.717, 1.165) is 12.8 Å². The Balaban J connectivity index is 2.02. The van der Waals surface area contributed by atoms with Gasteiger partial charge < -0.3 is 10.1 Å². The maximum atomic E-state index is 12.4. The minimum Gasteiger partial charge on any atom is -0.452 e. The van der Waals surface area contributed by atoms with E-state index >= 15 is 0 Å². The van der Waals surface area contributed by atoms with Crippen molar-refractivity contribution in [3.8, 4) is 0 Å². The van der Waals surface area contributed by atoms with E-state index in [1.54, 1.807) is 0 Å². The normalized spacial score (nSPS) is 14.3. The van der Waals surface area contributed by atoms with E-state index in [9.17, 15) is 19.2 Å². The first-order chi connectivity index (χ1) is 12.8. The van der Waals surface area contributed by atoms with Crippen molar-refractivity contribution >= 4 is 23.7 Å². The number of rotatable bonds is 8. The van der Waals surface area contributed by atoms with Gasteiger partial charge in [0.25, 0.3) is 17.7 Å². The maximum absolute atomic E-state index is 12.4. The molecule has 1 aromatic rings. The highest BCUT2D eigenvalue weighted by atomic mass is 16.5. The van der Waals surface area contributed by atoms with Crippen LogP contribution in [0.15, 0.2) is 18.2 Å². The minimum absolute atomic E-state index is 0.0334. The lowest BCUT2D eigenvalue weighted by Gasteiger charge is -2.17. The number of nitrogens with zero attached hydrogens (tertiary/aromatic N) is 1. The summed E-state index contributed by atoms with van der Waals surface area (Å²) in [5.41, 5.74) is 0.622. The third kappa shape index (κ3) is 4.72. The predicted octanol–water partition coefficient (Wildman–Crippen LogP) is 2.40. The van der Waals surface area contributed by atoms with Crippen molar-refractivity contribution in [1.82, 2.24) is 10.2 Å². The van der Waals surface area contributed by atoms with Gasteiger partial charge in [-0.3, -0.25) is 19.3 Å². The zero-order valence-electron chi connectivity index (χ0n) is 16.2. The molecule has 1 aliphatic rings. The van der Waals surface area contributed by atoms with Crippen LogP contribution in [-0.4, -0.2) is 47.8 Å². The topological polar surface area (TPSA) is 92.8 Å². The van der Waals surface area contributed by atoms with Crippen LogP contribution < -0.4 is 5.32 Å². The maximum Gasteiger partial charge on any atom is 0.338 e. The van der Waals surface area contributed by atoms with Gasteiger partial charge in [-0.05, 0) is 37.5 Å². The molecule has 0 fully saturated rings. The second kappa shape index (κ2) is 8.79. The predicted molar refractivity (Wildman–Crippen MR) is 99.4 cm³/mol. The average molecular weight is 374 g/mol. The molecular formula is C20H26N2O5. The molecule has 1 N–H and O–H groups in total. The molecule has 1 aromatic carbocycles. The van der Waals surface area contributed by atoms with Gasteiger partial charge in [0.1, 0.15) is 0 Å². The number of carbonyl (C=O) groups excluding carboxylic acids is 4. The Morgan fingerprint density at radius 2 is 1.78 bits per heavy atom. The summed E-state index contributed by atoms with van der Waals surface area (Å²) in [5.74, 6) is -1.58. The van der Waals surface area contributed by atoms with Crippen LogP contribution in [0.5, 0.6) is 0 Å². The fourth-order valence-corrected chi connectivity index (χ4v) is 2.61.